The number of ether oxygens (including phenoxy) is 1. The van der Waals surface area contributed by atoms with Gasteiger partial charge in [-0.25, -0.2) is 4.39 Å². The average Bonchev–Trinajstić information content (AvgIpc) is 3.29. The van der Waals surface area contributed by atoms with Gasteiger partial charge in [0.2, 0.25) is 0 Å². The van der Waals surface area contributed by atoms with Crippen LogP contribution < -0.4 is 15.6 Å². The summed E-state index contributed by atoms with van der Waals surface area (Å²) in [5.41, 5.74) is 0.636. The number of hydrogen-bond donors (Lipinski definition) is 2. The first-order valence-electron chi connectivity index (χ1n) is 9.66. The van der Waals surface area contributed by atoms with E-state index in [1.54, 1.807) is 30.6 Å². The summed E-state index contributed by atoms with van der Waals surface area (Å²) in [6, 6.07) is 12.1. The Hall–Kier alpha value is -3.90. The van der Waals surface area contributed by atoms with E-state index in [1.165, 1.54) is 47.2 Å². The van der Waals surface area contributed by atoms with E-state index in [0.717, 1.165) is 24.7 Å². The van der Waals surface area contributed by atoms with E-state index < -0.39 is 17.3 Å². The standard InChI is InChI=1S/C24H16FN4O3.W/c1-16(4-3-15-32-21-11-13-27-22-19(21)10-12-26-22)23(30)28-20-5-2-14-29(24(20)31)18-8-6-17(25)7-9-18;/h1-14H,(H,26,27)(H,28,30);/q-1;/b4-3-;. The molecule has 0 bridgehead atoms. The van der Waals surface area contributed by atoms with Crippen molar-refractivity contribution >= 4 is 26.7 Å². The van der Waals surface area contributed by atoms with Crippen molar-refractivity contribution in [3.05, 3.63) is 108 Å². The molecule has 0 radical (unpaired) electrons. The van der Waals surface area contributed by atoms with Crippen molar-refractivity contribution < 1.29 is 33.3 Å². The number of carbonyl (C=O) groups is 1. The van der Waals surface area contributed by atoms with Crippen molar-refractivity contribution in [2.75, 3.05) is 5.32 Å². The molecule has 3 aromatic heterocycles. The number of halogens is 1. The topological polar surface area (TPSA) is 89.0 Å². The Morgan fingerprint density at radius 3 is 2.76 bits per heavy atom. The van der Waals surface area contributed by atoms with Crippen LogP contribution in [0.3, 0.4) is 0 Å². The summed E-state index contributed by atoms with van der Waals surface area (Å²) in [4.78, 5) is 32.4. The van der Waals surface area contributed by atoms with Crippen molar-refractivity contribution in [2.45, 2.75) is 0 Å². The Labute approximate surface area is 198 Å². The van der Waals surface area contributed by atoms with Gasteiger partial charge in [-0.1, -0.05) is 0 Å². The Kier molecular flexibility index (Phi) is 6.56. The van der Waals surface area contributed by atoms with Crippen LogP contribution in [0.2, 0.25) is 0 Å². The first-order chi connectivity index (χ1) is 15.9. The summed E-state index contributed by atoms with van der Waals surface area (Å²) >= 11 is 1.03. The summed E-state index contributed by atoms with van der Waals surface area (Å²) in [6.07, 6.45) is 7.93. The summed E-state index contributed by atoms with van der Waals surface area (Å²) in [5, 5.41) is 3.34. The molecule has 0 aliphatic carbocycles. The molecular formula is C24H16FN4O3W-. The molecule has 0 saturated carbocycles. The predicted octanol–water partition coefficient (Wildman–Crippen LogP) is 3.46. The Balaban J connectivity index is 1.43. The monoisotopic (exact) mass is 611 g/mol. The maximum absolute atomic E-state index is 13.2. The quantitative estimate of drug-likeness (QED) is 0.191. The molecule has 164 valence electrons. The molecule has 33 heavy (non-hydrogen) atoms. The van der Waals surface area contributed by atoms with Gasteiger partial charge in [0, 0.05) is 0 Å². The van der Waals surface area contributed by atoms with E-state index in [0.29, 0.717) is 21.2 Å². The number of nitrogens with one attached hydrogen (secondary N) is 2. The van der Waals surface area contributed by atoms with Gasteiger partial charge in [-0.2, -0.15) is 0 Å². The molecule has 1 aromatic carbocycles. The third-order valence-corrected chi connectivity index (χ3v) is 5.38. The zero-order valence-corrected chi connectivity index (χ0v) is 19.9. The van der Waals surface area contributed by atoms with E-state index >= 15 is 0 Å². The fourth-order valence-corrected chi connectivity index (χ4v) is 3.56. The summed E-state index contributed by atoms with van der Waals surface area (Å²) in [5.74, 6) is -0.422. The predicted molar refractivity (Wildman–Crippen MR) is 119 cm³/mol. The Morgan fingerprint density at radius 2 is 1.97 bits per heavy atom. The fourth-order valence-electron chi connectivity index (χ4n) is 2.99. The van der Waals surface area contributed by atoms with Crippen LogP contribution in [0.15, 0.2) is 89.6 Å². The molecule has 0 spiro atoms. The van der Waals surface area contributed by atoms with E-state index in [9.17, 15) is 14.0 Å². The molecule has 0 fully saturated rings. The minimum atomic E-state index is -0.639. The second-order valence-corrected chi connectivity index (χ2v) is 8.23. The SMILES string of the molecule is [CH-]=C(/C=C\[C](=[W])Oc1ccnc2[nH]ccc12)C(=O)Nc1cccn(-c2ccc(F)cc2)c1=O. The van der Waals surface area contributed by atoms with Gasteiger partial charge in [0.05, 0.1) is 0 Å². The van der Waals surface area contributed by atoms with Gasteiger partial charge in [0.15, 0.2) is 0 Å². The van der Waals surface area contributed by atoms with Crippen molar-refractivity contribution in [1.82, 2.24) is 14.5 Å². The zero-order valence-electron chi connectivity index (χ0n) is 17.0. The van der Waals surface area contributed by atoms with Gasteiger partial charge in [-0.15, -0.1) is 0 Å². The number of anilines is 1. The van der Waals surface area contributed by atoms with Crippen LogP contribution in [0.25, 0.3) is 16.7 Å². The molecule has 9 heteroatoms. The number of benzene rings is 1. The summed E-state index contributed by atoms with van der Waals surface area (Å²) in [7, 11) is 0. The van der Waals surface area contributed by atoms with E-state index in [4.69, 9.17) is 11.3 Å². The van der Waals surface area contributed by atoms with Crippen LogP contribution in [-0.2, 0) is 24.1 Å². The molecule has 0 unspecified atom stereocenters. The number of amides is 1. The second kappa shape index (κ2) is 9.71. The van der Waals surface area contributed by atoms with Gasteiger partial charge in [0.1, 0.15) is 5.82 Å². The van der Waals surface area contributed by atoms with Crippen LogP contribution in [0.5, 0.6) is 5.75 Å². The third-order valence-electron chi connectivity index (χ3n) is 4.59. The van der Waals surface area contributed by atoms with E-state index in [1.807, 2.05) is 6.07 Å². The van der Waals surface area contributed by atoms with Crippen LogP contribution in [-0.4, -0.2) is 24.5 Å². The molecule has 0 aliphatic heterocycles. The second-order valence-electron chi connectivity index (χ2n) is 6.79. The minimum absolute atomic E-state index is 0.0392. The zero-order chi connectivity index (χ0) is 23.4. The van der Waals surface area contributed by atoms with Crippen molar-refractivity contribution in [1.29, 1.82) is 0 Å². The van der Waals surface area contributed by atoms with Gasteiger partial charge in [-0.3, -0.25) is 0 Å². The molecule has 3 heterocycles. The molecule has 0 saturated heterocycles. The molecule has 0 aliphatic rings. The molecular weight excluding hydrogens is 595 g/mol. The Bertz CT molecular complexity index is 1450. The number of pyridine rings is 2. The maximum atomic E-state index is 13.2. The number of hydrogen-bond acceptors (Lipinski definition) is 4. The number of H-pyrrole nitrogens is 1. The van der Waals surface area contributed by atoms with E-state index in [2.05, 4.69) is 15.3 Å². The molecule has 1 amide bonds. The van der Waals surface area contributed by atoms with Crippen molar-refractivity contribution in [2.24, 2.45) is 0 Å². The van der Waals surface area contributed by atoms with Gasteiger partial charge >= 0.3 is 189 Å². The van der Waals surface area contributed by atoms with E-state index in [-0.39, 0.29) is 11.3 Å². The van der Waals surface area contributed by atoms with Crippen LogP contribution in [0, 0.1) is 12.4 Å². The summed E-state index contributed by atoms with van der Waals surface area (Å²) in [6.45, 7) is 5.89. The first-order valence-corrected chi connectivity index (χ1v) is 11.1. The number of rotatable bonds is 7. The molecule has 2 N–H and O–H groups in total. The van der Waals surface area contributed by atoms with Gasteiger partial charge in [0.25, 0.3) is 0 Å². The average molecular weight is 611 g/mol. The van der Waals surface area contributed by atoms with Crippen LogP contribution >= 0.6 is 0 Å². The molecule has 4 aromatic rings. The Morgan fingerprint density at radius 1 is 1.18 bits per heavy atom. The van der Waals surface area contributed by atoms with Gasteiger partial charge < -0.3 is 0 Å². The van der Waals surface area contributed by atoms with Gasteiger partial charge in [-0.05, 0) is 0 Å². The fraction of sp³-hybridized carbons (Fsp3) is 0. The third kappa shape index (κ3) is 5.13. The first kappa shape index (κ1) is 22.3. The van der Waals surface area contributed by atoms with Crippen LogP contribution in [0.4, 0.5) is 10.1 Å². The number of carbonyl (C=O) groups excluding carboxylic acids is 1. The normalized spacial score (nSPS) is 10.9. The van der Waals surface area contributed by atoms with Crippen molar-refractivity contribution in [3.63, 3.8) is 0 Å². The molecule has 7 nitrogen and oxygen atoms in total. The number of aromatic amines is 1. The number of nitrogens with zero attached hydrogens (tertiary/aromatic N) is 2. The molecule has 0 atom stereocenters. The van der Waals surface area contributed by atoms with Crippen molar-refractivity contribution in [3.8, 4) is 11.4 Å². The van der Waals surface area contributed by atoms with Crippen LogP contribution in [0.1, 0.15) is 0 Å². The summed E-state index contributed by atoms with van der Waals surface area (Å²) < 4.78 is 20.9. The number of aromatic nitrogens is 3. The molecule has 4 rings (SSSR count). The number of fused-ring (bicyclic) bond motifs is 1.